The molecule has 2 heterocycles. The molecule has 0 fully saturated rings. The summed E-state index contributed by atoms with van der Waals surface area (Å²) in [5.41, 5.74) is 4.16. The van der Waals surface area contributed by atoms with Gasteiger partial charge in [-0.05, 0) is 29.0 Å². The highest BCUT2D eigenvalue weighted by atomic mass is 15.1. The molecule has 0 radical (unpaired) electrons. The van der Waals surface area contributed by atoms with Crippen LogP contribution in [0.4, 0.5) is 0 Å². The maximum absolute atomic E-state index is 4.93. The van der Waals surface area contributed by atoms with Gasteiger partial charge in [0.1, 0.15) is 5.82 Å². The van der Waals surface area contributed by atoms with Crippen LogP contribution < -0.4 is 0 Å². The lowest BCUT2D eigenvalue weighted by Gasteiger charge is -2.11. The number of hydrogen-bond acceptors (Lipinski definition) is 2. The molecule has 2 aromatic heterocycles. The normalized spacial score (nSPS) is 11.2. The minimum atomic E-state index is 0.936. The second-order valence-corrected chi connectivity index (χ2v) is 6.00. The Labute approximate surface area is 145 Å². The second kappa shape index (κ2) is 5.56. The molecule has 5 rings (SSSR count). The van der Waals surface area contributed by atoms with Crippen LogP contribution in [0.1, 0.15) is 0 Å². The summed E-state index contributed by atoms with van der Waals surface area (Å²) < 4.78 is 2.18. The molecular formula is C22H15N3. The third kappa shape index (κ3) is 2.21. The zero-order valence-corrected chi connectivity index (χ0v) is 13.5. The number of nitrogens with zero attached hydrogens (tertiary/aromatic N) is 3. The summed E-state index contributed by atoms with van der Waals surface area (Å²) in [5, 5.41) is 2.41. The molecule has 0 atom stereocenters. The molecule has 5 aromatic rings. The SMILES string of the molecule is c1ccc(-n2c(-c3cccc4ccccc34)nc3ccncc32)cc1. The monoisotopic (exact) mass is 321 g/mol. The van der Waals surface area contributed by atoms with Gasteiger partial charge in [0.15, 0.2) is 0 Å². The Morgan fingerprint density at radius 1 is 0.720 bits per heavy atom. The summed E-state index contributed by atoms with van der Waals surface area (Å²) in [6.45, 7) is 0. The summed E-state index contributed by atoms with van der Waals surface area (Å²) in [5.74, 6) is 0.936. The molecule has 0 N–H and O–H groups in total. The van der Waals surface area contributed by atoms with Crippen LogP contribution in [0.3, 0.4) is 0 Å². The third-order valence-electron chi connectivity index (χ3n) is 4.50. The minimum Gasteiger partial charge on any atom is -0.291 e. The fraction of sp³-hybridized carbons (Fsp3) is 0. The van der Waals surface area contributed by atoms with Crippen molar-refractivity contribution in [3.63, 3.8) is 0 Å². The summed E-state index contributed by atoms with van der Waals surface area (Å²) in [6, 6.07) is 27.1. The van der Waals surface area contributed by atoms with E-state index in [0.717, 1.165) is 28.1 Å². The Morgan fingerprint density at radius 3 is 2.44 bits per heavy atom. The van der Waals surface area contributed by atoms with Gasteiger partial charge in [-0.2, -0.15) is 0 Å². The van der Waals surface area contributed by atoms with Gasteiger partial charge in [0, 0.05) is 17.4 Å². The summed E-state index contributed by atoms with van der Waals surface area (Å²) in [7, 11) is 0. The van der Waals surface area contributed by atoms with Crippen molar-refractivity contribution < 1.29 is 0 Å². The zero-order valence-electron chi connectivity index (χ0n) is 13.5. The van der Waals surface area contributed by atoms with Crippen molar-refractivity contribution in [3.8, 4) is 17.1 Å². The maximum atomic E-state index is 4.93. The van der Waals surface area contributed by atoms with Crippen LogP contribution in [0, 0.1) is 0 Å². The predicted octanol–water partition coefficient (Wildman–Crippen LogP) is 5.24. The number of hydrogen-bond donors (Lipinski definition) is 0. The average molecular weight is 321 g/mol. The van der Waals surface area contributed by atoms with Crippen molar-refractivity contribution in [1.82, 2.24) is 14.5 Å². The van der Waals surface area contributed by atoms with Crippen molar-refractivity contribution in [2.24, 2.45) is 0 Å². The van der Waals surface area contributed by atoms with Crippen molar-refractivity contribution in [2.75, 3.05) is 0 Å². The molecule has 0 aliphatic rings. The maximum Gasteiger partial charge on any atom is 0.146 e. The third-order valence-corrected chi connectivity index (χ3v) is 4.50. The first-order valence-electron chi connectivity index (χ1n) is 8.28. The molecule has 25 heavy (non-hydrogen) atoms. The molecule has 0 amide bonds. The largest absolute Gasteiger partial charge is 0.291 e. The van der Waals surface area contributed by atoms with E-state index in [1.54, 1.807) is 6.20 Å². The average Bonchev–Trinajstić information content (AvgIpc) is 3.07. The fourth-order valence-electron chi connectivity index (χ4n) is 3.36. The van der Waals surface area contributed by atoms with Crippen LogP contribution in [0.2, 0.25) is 0 Å². The van der Waals surface area contributed by atoms with Crippen molar-refractivity contribution in [3.05, 3.63) is 91.3 Å². The molecule has 3 heteroatoms. The number of benzene rings is 3. The Bertz CT molecular complexity index is 1180. The molecule has 118 valence electrons. The van der Waals surface area contributed by atoms with E-state index >= 15 is 0 Å². The first kappa shape index (κ1) is 13.9. The lowest BCUT2D eigenvalue weighted by Crippen LogP contribution is -1.98. The second-order valence-electron chi connectivity index (χ2n) is 6.00. The van der Waals surface area contributed by atoms with Crippen LogP contribution in [0.25, 0.3) is 38.9 Å². The Kier molecular flexibility index (Phi) is 3.10. The minimum absolute atomic E-state index is 0.936. The smallest absolute Gasteiger partial charge is 0.146 e. The lowest BCUT2D eigenvalue weighted by molar-refractivity contribution is 1.10. The molecular weight excluding hydrogens is 306 g/mol. The predicted molar refractivity (Wildman–Crippen MR) is 102 cm³/mol. The number of fused-ring (bicyclic) bond motifs is 2. The number of imidazole rings is 1. The quantitative estimate of drug-likeness (QED) is 0.445. The Hall–Kier alpha value is -3.46. The van der Waals surface area contributed by atoms with Gasteiger partial charge in [0.05, 0.1) is 17.2 Å². The number of para-hydroxylation sites is 1. The van der Waals surface area contributed by atoms with Crippen LogP contribution in [0.5, 0.6) is 0 Å². The van der Waals surface area contributed by atoms with Gasteiger partial charge in [-0.15, -0.1) is 0 Å². The summed E-state index contributed by atoms with van der Waals surface area (Å²) >= 11 is 0. The van der Waals surface area contributed by atoms with E-state index in [4.69, 9.17) is 4.98 Å². The molecule has 3 nitrogen and oxygen atoms in total. The van der Waals surface area contributed by atoms with Gasteiger partial charge < -0.3 is 0 Å². The van der Waals surface area contributed by atoms with E-state index in [0.29, 0.717) is 0 Å². The highest BCUT2D eigenvalue weighted by molar-refractivity contribution is 5.97. The molecule has 0 saturated carbocycles. The van der Waals surface area contributed by atoms with Crippen molar-refractivity contribution in [1.29, 1.82) is 0 Å². The lowest BCUT2D eigenvalue weighted by atomic mass is 10.0. The first-order chi connectivity index (χ1) is 12.4. The van der Waals surface area contributed by atoms with Crippen molar-refractivity contribution in [2.45, 2.75) is 0 Å². The van der Waals surface area contributed by atoms with Gasteiger partial charge in [0.2, 0.25) is 0 Å². The van der Waals surface area contributed by atoms with E-state index in [1.165, 1.54) is 10.8 Å². The standard InChI is InChI=1S/C22H15N3/c1-2-9-17(10-3-1)25-21-15-23-14-13-20(21)24-22(25)19-12-6-8-16-7-4-5-11-18(16)19/h1-15H. The summed E-state index contributed by atoms with van der Waals surface area (Å²) in [4.78, 5) is 9.24. The van der Waals surface area contributed by atoms with Crippen LogP contribution in [0.15, 0.2) is 91.3 Å². The van der Waals surface area contributed by atoms with Gasteiger partial charge in [-0.3, -0.25) is 9.55 Å². The Balaban J connectivity index is 1.91. The molecule has 0 aliphatic heterocycles. The molecule has 0 saturated heterocycles. The highest BCUT2D eigenvalue weighted by Crippen LogP contribution is 2.32. The van der Waals surface area contributed by atoms with Crippen molar-refractivity contribution >= 4 is 21.8 Å². The summed E-state index contributed by atoms with van der Waals surface area (Å²) in [6.07, 6.45) is 3.67. The van der Waals surface area contributed by atoms with Gasteiger partial charge >= 0.3 is 0 Å². The van der Waals surface area contributed by atoms with E-state index in [1.807, 2.05) is 30.5 Å². The number of pyridine rings is 1. The number of aromatic nitrogens is 3. The van der Waals surface area contributed by atoms with Crippen LogP contribution in [-0.2, 0) is 0 Å². The molecule has 0 spiro atoms. The molecule has 0 aliphatic carbocycles. The molecule has 3 aromatic carbocycles. The van der Waals surface area contributed by atoms with E-state index < -0.39 is 0 Å². The molecule has 0 unspecified atom stereocenters. The zero-order chi connectivity index (χ0) is 16.6. The van der Waals surface area contributed by atoms with Crippen LogP contribution >= 0.6 is 0 Å². The molecule has 0 bridgehead atoms. The number of rotatable bonds is 2. The van der Waals surface area contributed by atoms with Gasteiger partial charge in [-0.1, -0.05) is 60.7 Å². The van der Waals surface area contributed by atoms with Crippen LogP contribution in [-0.4, -0.2) is 14.5 Å². The van der Waals surface area contributed by atoms with Gasteiger partial charge in [-0.25, -0.2) is 4.98 Å². The van der Waals surface area contributed by atoms with E-state index in [9.17, 15) is 0 Å². The fourth-order valence-corrected chi connectivity index (χ4v) is 3.36. The van der Waals surface area contributed by atoms with E-state index in [2.05, 4.69) is 64.1 Å². The first-order valence-corrected chi connectivity index (χ1v) is 8.28. The highest BCUT2D eigenvalue weighted by Gasteiger charge is 2.15. The Morgan fingerprint density at radius 2 is 1.52 bits per heavy atom. The van der Waals surface area contributed by atoms with E-state index in [-0.39, 0.29) is 0 Å². The van der Waals surface area contributed by atoms with Gasteiger partial charge in [0.25, 0.3) is 0 Å². The topological polar surface area (TPSA) is 30.7 Å².